The van der Waals surface area contributed by atoms with Gasteiger partial charge in [0.1, 0.15) is 11.6 Å². The predicted octanol–water partition coefficient (Wildman–Crippen LogP) is -0.174. The number of nitrogens with one attached hydrogen (secondary N) is 2. The fourth-order valence-electron chi connectivity index (χ4n) is 2.78. The molecule has 0 unspecified atom stereocenters. The summed E-state index contributed by atoms with van der Waals surface area (Å²) in [5.74, 6) is -4.17. The van der Waals surface area contributed by atoms with Gasteiger partial charge in [-0.25, -0.2) is 8.78 Å². The van der Waals surface area contributed by atoms with Gasteiger partial charge in [-0.2, -0.15) is 0 Å². The third-order valence-corrected chi connectivity index (χ3v) is 4.11. The van der Waals surface area contributed by atoms with Crippen molar-refractivity contribution in [1.29, 1.82) is 0 Å². The Balaban J connectivity index is 2.02. The number of aliphatic hydroxyl groups is 1. The topological polar surface area (TPSA) is 122 Å². The minimum absolute atomic E-state index is 0.106. The average molecular weight is 355 g/mol. The summed E-state index contributed by atoms with van der Waals surface area (Å²) in [4.78, 5) is 34.8. The lowest BCUT2D eigenvalue weighted by atomic mass is 9.83. The molecule has 3 amide bonds. The maximum Gasteiger partial charge on any atom is 0.254 e. The lowest BCUT2D eigenvalue weighted by molar-refractivity contribution is -0.129. The summed E-state index contributed by atoms with van der Waals surface area (Å²) in [6.07, 6.45) is -0.202. The first kappa shape index (κ1) is 18.8. The Labute approximate surface area is 142 Å². The van der Waals surface area contributed by atoms with Crippen LogP contribution in [0.25, 0.3) is 0 Å². The van der Waals surface area contributed by atoms with Crippen LogP contribution in [-0.2, 0) is 9.59 Å². The Hall–Kier alpha value is -2.55. The zero-order valence-electron chi connectivity index (χ0n) is 13.3. The normalized spacial score (nSPS) is 22.9. The number of benzene rings is 1. The number of aliphatic hydroxyl groups excluding tert-OH is 1. The first-order chi connectivity index (χ1) is 11.8. The Morgan fingerprint density at radius 1 is 1.24 bits per heavy atom. The van der Waals surface area contributed by atoms with Crippen LogP contribution in [0.1, 0.15) is 29.6 Å². The molecular formula is C16H19F2N3O4. The molecule has 9 heteroatoms. The number of amides is 3. The number of primary amides is 1. The summed E-state index contributed by atoms with van der Waals surface area (Å²) >= 11 is 0. The van der Waals surface area contributed by atoms with Crippen LogP contribution in [0.5, 0.6) is 0 Å². The second kappa shape index (κ2) is 8.02. The summed E-state index contributed by atoms with van der Waals surface area (Å²) in [6, 6.07) is 1.69. The number of rotatable bonds is 5. The van der Waals surface area contributed by atoms with Crippen LogP contribution in [0.2, 0.25) is 0 Å². The molecule has 1 aliphatic rings. The van der Waals surface area contributed by atoms with Crippen LogP contribution in [0.4, 0.5) is 8.78 Å². The van der Waals surface area contributed by atoms with Crippen molar-refractivity contribution >= 4 is 17.7 Å². The molecule has 7 nitrogen and oxygen atoms in total. The smallest absolute Gasteiger partial charge is 0.254 e. The van der Waals surface area contributed by atoms with Crippen LogP contribution >= 0.6 is 0 Å². The summed E-state index contributed by atoms with van der Waals surface area (Å²) in [6.45, 7) is -0.302. The standard InChI is InChI=1S/C16H19F2N3O4/c17-9-2-3-11(18)10(6-9)16(25)21-12-5-8(1-4-13(12)22)15(24)20-7-14(19)23/h2-3,6,8,12-13,22H,1,4-5,7H2,(H2,19,23)(H,20,24)(H,21,25)/t8-,12+,13+/m0/s1. The highest BCUT2D eigenvalue weighted by molar-refractivity contribution is 5.94. The lowest BCUT2D eigenvalue weighted by Gasteiger charge is -2.33. The van der Waals surface area contributed by atoms with Gasteiger partial charge in [-0.05, 0) is 37.5 Å². The van der Waals surface area contributed by atoms with Gasteiger partial charge in [0.05, 0.1) is 24.3 Å². The maximum atomic E-state index is 13.7. The van der Waals surface area contributed by atoms with Crippen molar-refractivity contribution in [3.63, 3.8) is 0 Å². The van der Waals surface area contributed by atoms with E-state index in [1.54, 1.807) is 0 Å². The van der Waals surface area contributed by atoms with E-state index in [2.05, 4.69) is 10.6 Å². The molecular weight excluding hydrogens is 336 g/mol. The number of halogens is 2. The van der Waals surface area contributed by atoms with Crippen molar-refractivity contribution < 1.29 is 28.3 Å². The molecule has 0 aliphatic heterocycles. The number of carbonyl (C=O) groups excluding carboxylic acids is 3. The van der Waals surface area contributed by atoms with Gasteiger partial charge in [0.2, 0.25) is 11.8 Å². The van der Waals surface area contributed by atoms with E-state index in [0.717, 1.165) is 18.2 Å². The highest BCUT2D eigenvalue weighted by Crippen LogP contribution is 2.25. The molecule has 0 radical (unpaired) electrons. The van der Waals surface area contributed by atoms with Crippen LogP contribution in [-0.4, -0.2) is 41.5 Å². The maximum absolute atomic E-state index is 13.7. The van der Waals surface area contributed by atoms with E-state index in [-0.39, 0.29) is 19.4 Å². The van der Waals surface area contributed by atoms with Crippen molar-refractivity contribution in [3.8, 4) is 0 Å². The van der Waals surface area contributed by atoms with Crippen LogP contribution in [0, 0.1) is 17.6 Å². The molecule has 1 aliphatic carbocycles. The van der Waals surface area contributed by atoms with Gasteiger partial charge in [0, 0.05) is 5.92 Å². The van der Waals surface area contributed by atoms with E-state index in [4.69, 9.17) is 5.73 Å². The van der Waals surface area contributed by atoms with Gasteiger partial charge in [-0.15, -0.1) is 0 Å². The SMILES string of the molecule is NC(=O)CNC(=O)[C@H]1CC[C@@H](O)[C@H](NC(=O)c2cc(F)ccc2F)C1. The molecule has 5 N–H and O–H groups in total. The van der Waals surface area contributed by atoms with Gasteiger partial charge in [-0.3, -0.25) is 14.4 Å². The van der Waals surface area contributed by atoms with E-state index < -0.39 is 53.0 Å². The third kappa shape index (κ3) is 4.96. The van der Waals surface area contributed by atoms with Gasteiger partial charge >= 0.3 is 0 Å². The summed E-state index contributed by atoms with van der Waals surface area (Å²) < 4.78 is 26.8. The monoisotopic (exact) mass is 355 g/mol. The second-order valence-electron chi connectivity index (χ2n) is 5.97. The molecule has 0 saturated heterocycles. The van der Waals surface area contributed by atoms with Crippen molar-refractivity contribution in [3.05, 3.63) is 35.4 Å². The molecule has 3 atom stereocenters. The molecule has 1 fully saturated rings. The van der Waals surface area contributed by atoms with Crippen molar-refractivity contribution in [2.75, 3.05) is 6.54 Å². The Morgan fingerprint density at radius 3 is 2.64 bits per heavy atom. The number of hydrogen-bond donors (Lipinski definition) is 4. The second-order valence-corrected chi connectivity index (χ2v) is 5.97. The lowest BCUT2D eigenvalue weighted by Crippen LogP contribution is -2.50. The average Bonchev–Trinajstić information content (AvgIpc) is 2.56. The third-order valence-electron chi connectivity index (χ3n) is 4.11. The molecule has 1 aromatic rings. The molecule has 2 rings (SSSR count). The van der Waals surface area contributed by atoms with E-state index >= 15 is 0 Å². The molecule has 0 spiro atoms. The van der Waals surface area contributed by atoms with Crippen molar-refractivity contribution in [1.82, 2.24) is 10.6 Å². The molecule has 0 heterocycles. The van der Waals surface area contributed by atoms with E-state index in [9.17, 15) is 28.3 Å². The summed E-state index contributed by atoms with van der Waals surface area (Å²) in [7, 11) is 0. The van der Waals surface area contributed by atoms with E-state index in [0.29, 0.717) is 6.42 Å². The van der Waals surface area contributed by atoms with Gasteiger partial charge < -0.3 is 21.5 Å². The van der Waals surface area contributed by atoms with Crippen molar-refractivity contribution in [2.24, 2.45) is 11.7 Å². The van der Waals surface area contributed by atoms with Crippen LogP contribution in [0.15, 0.2) is 18.2 Å². The molecule has 25 heavy (non-hydrogen) atoms. The van der Waals surface area contributed by atoms with E-state index in [1.165, 1.54) is 0 Å². The highest BCUT2D eigenvalue weighted by atomic mass is 19.1. The number of carbonyl (C=O) groups is 3. The Kier molecular flexibility index (Phi) is 6.02. The minimum atomic E-state index is -0.916. The van der Waals surface area contributed by atoms with Gasteiger partial charge in [0.15, 0.2) is 0 Å². The molecule has 0 bridgehead atoms. The zero-order valence-corrected chi connectivity index (χ0v) is 13.3. The Bertz CT molecular complexity index is 683. The fourth-order valence-corrected chi connectivity index (χ4v) is 2.78. The molecule has 1 saturated carbocycles. The van der Waals surface area contributed by atoms with Crippen molar-refractivity contribution in [2.45, 2.75) is 31.4 Å². The zero-order chi connectivity index (χ0) is 18.6. The largest absolute Gasteiger partial charge is 0.391 e. The van der Waals surface area contributed by atoms with Gasteiger partial charge in [0.25, 0.3) is 5.91 Å². The van der Waals surface area contributed by atoms with Gasteiger partial charge in [-0.1, -0.05) is 0 Å². The fraction of sp³-hybridized carbons (Fsp3) is 0.438. The quantitative estimate of drug-likeness (QED) is 0.586. The molecule has 136 valence electrons. The predicted molar refractivity (Wildman–Crippen MR) is 83.2 cm³/mol. The number of hydrogen-bond acceptors (Lipinski definition) is 4. The first-order valence-electron chi connectivity index (χ1n) is 7.78. The first-order valence-corrected chi connectivity index (χ1v) is 7.78. The minimum Gasteiger partial charge on any atom is -0.391 e. The highest BCUT2D eigenvalue weighted by Gasteiger charge is 2.34. The number of nitrogens with two attached hydrogens (primary N) is 1. The molecule has 1 aromatic carbocycles. The van der Waals surface area contributed by atoms with Crippen LogP contribution in [0.3, 0.4) is 0 Å². The Morgan fingerprint density at radius 2 is 1.96 bits per heavy atom. The molecule has 0 aromatic heterocycles. The van der Waals surface area contributed by atoms with Crippen LogP contribution < -0.4 is 16.4 Å². The van der Waals surface area contributed by atoms with E-state index in [1.807, 2.05) is 0 Å². The summed E-state index contributed by atoms with van der Waals surface area (Å²) in [5.41, 5.74) is 4.48. The summed E-state index contributed by atoms with van der Waals surface area (Å²) in [5, 5.41) is 14.8.